The molecule has 4 aromatic carbocycles. The summed E-state index contributed by atoms with van der Waals surface area (Å²) in [7, 11) is 0. The molecule has 6 aromatic rings. The van der Waals surface area contributed by atoms with E-state index in [2.05, 4.69) is 10.2 Å². The number of fused-ring (bicyclic) bond motifs is 3. The molecule has 2 aromatic heterocycles. The summed E-state index contributed by atoms with van der Waals surface area (Å²) in [6.45, 7) is 2.26. The molecule has 2 N–H and O–H groups in total. The van der Waals surface area contributed by atoms with Crippen LogP contribution in [-0.4, -0.2) is 65.7 Å². The number of carbonyl (C=O) groups is 2. The van der Waals surface area contributed by atoms with Gasteiger partial charge in [0.15, 0.2) is 5.60 Å². The first-order valence-electron chi connectivity index (χ1n) is 18.0. The van der Waals surface area contributed by atoms with Crippen LogP contribution in [0, 0.1) is 5.92 Å². The summed E-state index contributed by atoms with van der Waals surface area (Å²) in [5.74, 6) is -1.51. The summed E-state index contributed by atoms with van der Waals surface area (Å²) >= 11 is 0. The lowest BCUT2D eigenvalue weighted by atomic mass is 9.82. The molecule has 8 rings (SSSR count). The average molecular weight is 723 g/mol. The van der Waals surface area contributed by atoms with E-state index in [0.717, 1.165) is 18.2 Å². The predicted molar refractivity (Wildman–Crippen MR) is 205 cm³/mol. The third-order valence-electron chi connectivity index (χ3n) is 10.7. The summed E-state index contributed by atoms with van der Waals surface area (Å²) in [5, 5.41) is 33.4. The molecule has 0 spiro atoms. The first-order valence-corrected chi connectivity index (χ1v) is 18.0. The fourth-order valence-electron chi connectivity index (χ4n) is 7.73. The third kappa shape index (κ3) is 5.89. The second kappa shape index (κ2) is 14.0. The number of likely N-dealkylation sites (tertiary alicyclic amines) is 1. The van der Waals surface area contributed by atoms with E-state index in [1.807, 2.05) is 24.3 Å². The van der Waals surface area contributed by atoms with Crippen molar-refractivity contribution in [1.82, 2.24) is 24.5 Å². The lowest BCUT2D eigenvalue weighted by Gasteiger charge is -2.28. The highest BCUT2D eigenvalue weighted by molar-refractivity contribution is 6.07. The number of nitrogens with zero attached hydrogens (tertiary/aromatic N) is 6. The zero-order chi connectivity index (χ0) is 37.6. The molecule has 0 saturated carbocycles. The van der Waals surface area contributed by atoms with Crippen LogP contribution in [0.25, 0.3) is 32.9 Å². The number of amides is 2. The van der Waals surface area contributed by atoms with Gasteiger partial charge in [0.25, 0.3) is 17.0 Å². The van der Waals surface area contributed by atoms with Gasteiger partial charge in [-0.25, -0.2) is 0 Å². The van der Waals surface area contributed by atoms with E-state index < -0.39 is 17.4 Å². The summed E-state index contributed by atoms with van der Waals surface area (Å²) in [6.07, 6.45) is 8.18. The van der Waals surface area contributed by atoms with Crippen molar-refractivity contribution in [1.29, 1.82) is 0 Å². The molecule has 12 nitrogen and oxygen atoms in total. The molecule has 2 aliphatic rings. The second-order valence-electron chi connectivity index (χ2n) is 13.9. The van der Waals surface area contributed by atoms with Crippen LogP contribution in [0.2, 0.25) is 0 Å². The van der Waals surface area contributed by atoms with Gasteiger partial charge in [-0.1, -0.05) is 67.6 Å². The number of hydrogen-bond acceptors (Lipinski definition) is 8. The lowest BCUT2D eigenvalue weighted by Crippen LogP contribution is -2.44. The second-order valence-corrected chi connectivity index (χ2v) is 13.9. The van der Waals surface area contributed by atoms with E-state index in [9.17, 15) is 29.4 Å². The van der Waals surface area contributed by atoms with Crippen molar-refractivity contribution >= 4 is 39.0 Å². The Balaban J connectivity index is 1.16. The van der Waals surface area contributed by atoms with Crippen molar-refractivity contribution in [2.24, 2.45) is 5.92 Å². The predicted octanol–water partition coefficient (Wildman–Crippen LogP) is 4.38. The number of hydrogen-bond donors (Lipinski definition) is 2. The van der Waals surface area contributed by atoms with Gasteiger partial charge in [0, 0.05) is 35.2 Å². The van der Waals surface area contributed by atoms with Crippen LogP contribution in [0.15, 0.2) is 125 Å². The normalized spacial score (nSPS) is 18.9. The molecule has 2 amide bonds. The largest absolute Gasteiger partial charge is 0.394 e. The maximum absolute atomic E-state index is 14.6. The Kier molecular flexibility index (Phi) is 9.00. The number of carbonyl (C=O) groups excluding carboxylic acids is 2. The molecule has 0 radical (unpaired) electrons. The standard InChI is InChI=1S/C42H38N6O6/c1-27(9-6-17-38(50)45-20-8-14-33(45)26-49)42(54)36-22-32(48-40(52)35-16-5-3-12-30(35)24-44-48)18-19-37(36)46(41(42)53)25-28-10-7-13-31(21-28)47-39(51)34-15-4-2-11-29(34)23-43-47/h2-7,9-13,15-16,18-19,21-24,27,33,49,54H,8,14,17,20,25-26H2,1H3/b9-6+/t27-,33-,42+/m0/s1. The van der Waals surface area contributed by atoms with Crippen LogP contribution in [0.4, 0.5) is 5.69 Å². The SMILES string of the molecule is C[C@@H](/C=C/CC(=O)N1CCC[C@H]1CO)[C@]1(O)C(=O)N(Cc2cccc(-n3ncc4ccccc4c3=O)c2)c2ccc(-n3ncc4ccccc4c3=O)cc21. The molecule has 0 unspecified atom stereocenters. The Hall–Kier alpha value is -6.24. The monoisotopic (exact) mass is 722 g/mol. The number of aromatic nitrogens is 4. The number of rotatable bonds is 9. The molecule has 3 atom stereocenters. The van der Waals surface area contributed by atoms with Gasteiger partial charge >= 0.3 is 0 Å². The molecule has 0 bridgehead atoms. The highest BCUT2D eigenvalue weighted by Gasteiger charge is 2.52. The topological polar surface area (TPSA) is 151 Å². The van der Waals surface area contributed by atoms with Crippen LogP contribution in [-0.2, 0) is 21.7 Å². The quantitative estimate of drug-likeness (QED) is 0.209. The van der Waals surface area contributed by atoms with Gasteiger partial charge in [0.05, 0.1) is 59.4 Å². The molecule has 1 fully saturated rings. The van der Waals surface area contributed by atoms with Crippen LogP contribution < -0.4 is 16.0 Å². The van der Waals surface area contributed by atoms with Gasteiger partial charge in [-0.05, 0) is 60.9 Å². The smallest absolute Gasteiger partial charge is 0.279 e. The average Bonchev–Trinajstić information content (AvgIpc) is 3.76. The van der Waals surface area contributed by atoms with Crippen LogP contribution in [0.3, 0.4) is 0 Å². The molecule has 1 saturated heterocycles. The Morgan fingerprint density at radius 2 is 1.52 bits per heavy atom. The van der Waals surface area contributed by atoms with Crippen molar-refractivity contribution in [3.8, 4) is 11.4 Å². The molecule has 54 heavy (non-hydrogen) atoms. The minimum Gasteiger partial charge on any atom is -0.394 e. The van der Waals surface area contributed by atoms with Crippen LogP contribution in [0.5, 0.6) is 0 Å². The lowest BCUT2D eigenvalue weighted by molar-refractivity contribution is -0.139. The number of anilines is 1. The van der Waals surface area contributed by atoms with Gasteiger partial charge in [0.1, 0.15) is 0 Å². The highest BCUT2D eigenvalue weighted by Crippen LogP contribution is 2.46. The molecule has 0 aliphatic carbocycles. The van der Waals surface area contributed by atoms with Gasteiger partial charge in [-0.2, -0.15) is 19.6 Å². The maximum atomic E-state index is 14.6. The summed E-state index contributed by atoms with van der Waals surface area (Å²) in [4.78, 5) is 57.7. The Morgan fingerprint density at radius 1 is 0.870 bits per heavy atom. The van der Waals surface area contributed by atoms with Gasteiger partial charge in [-0.3, -0.25) is 19.2 Å². The summed E-state index contributed by atoms with van der Waals surface area (Å²) < 4.78 is 2.57. The third-order valence-corrected chi connectivity index (χ3v) is 10.7. The highest BCUT2D eigenvalue weighted by atomic mass is 16.3. The van der Waals surface area contributed by atoms with E-state index in [0.29, 0.717) is 50.9 Å². The molecule has 4 heterocycles. The molecular formula is C42H38N6O6. The molecular weight excluding hydrogens is 684 g/mol. The minimum absolute atomic E-state index is 0.0487. The van der Waals surface area contributed by atoms with Gasteiger partial charge in [0.2, 0.25) is 5.91 Å². The van der Waals surface area contributed by atoms with Crippen molar-refractivity contribution in [3.05, 3.63) is 147 Å². The van der Waals surface area contributed by atoms with E-state index in [4.69, 9.17) is 0 Å². The van der Waals surface area contributed by atoms with E-state index in [-0.39, 0.29) is 42.6 Å². The van der Waals surface area contributed by atoms with Crippen LogP contribution in [0.1, 0.15) is 37.3 Å². The fourth-order valence-corrected chi connectivity index (χ4v) is 7.73. The number of aliphatic hydroxyl groups excluding tert-OH is 1. The van der Waals surface area contributed by atoms with E-state index >= 15 is 0 Å². The Morgan fingerprint density at radius 3 is 2.19 bits per heavy atom. The maximum Gasteiger partial charge on any atom is 0.279 e. The zero-order valence-corrected chi connectivity index (χ0v) is 29.6. The molecule has 2 aliphatic heterocycles. The van der Waals surface area contributed by atoms with Gasteiger partial charge < -0.3 is 20.0 Å². The van der Waals surface area contributed by atoms with E-state index in [1.54, 1.807) is 103 Å². The minimum atomic E-state index is -2.07. The van der Waals surface area contributed by atoms with Crippen molar-refractivity contribution in [2.75, 3.05) is 18.1 Å². The van der Waals surface area contributed by atoms with E-state index in [1.165, 1.54) is 14.3 Å². The van der Waals surface area contributed by atoms with Crippen LogP contribution >= 0.6 is 0 Å². The van der Waals surface area contributed by atoms with Gasteiger partial charge in [-0.15, -0.1) is 0 Å². The Labute approximate surface area is 309 Å². The fraction of sp³-hybridized carbons (Fsp3) is 0.238. The van der Waals surface area contributed by atoms with Crippen molar-refractivity contribution in [2.45, 2.75) is 44.4 Å². The number of benzene rings is 4. The first-order chi connectivity index (χ1) is 26.2. The zero-order valence-electron chi connectivity index (χ0n) is 29.6. The number of aliphatic hydroxyl groups is 2. The van der Waals surface area contributed by atoms with Crippen molar-refractivity contribution < 1.29 is 19.8 Å². The summed E-state index contributed by atoms with van der Waals surface area (Å²) in [5.41, 5.74) is -0.371. The van der Waals surface area contributed by atoms with Crippen molar-refractivity contribution in [3.63, 3.8) is 0 Å². The summed E-state index contributed by atoms with van der Waals surface area (Å²) in [6, 6.07) is 26.3. The molecule has 272 valence electrons. The Bertz CT molecular complexity index is 2600. The molecule has 12 heteroatoms. The first kappa shape index (κ1) is 34.8.